The molecule has 0 saturated heterocycles. The lowest BCUT2D eigenvalue weighted by Gasteiger charge is -2.10. The van der Waals surface area contributed by atoms with Crippen molar-refractivity contribution in [2.75, 3.05) is 6.54 Å². The van der Waals surface area contributed by atoms with E-state index in [1.807, 2.05) is 24.4 Å². The van der Waals surface area contributed by atoms with Crippen LogP contribution in [0.15, 0.2) is 46.8 Å². The highest BCUT2D eigenvalue weighted by Crippen LogP contribution is 2.13. The van der Waals surface area contributed by atoms with E-state index in [0.29, 0.717) is 19.0 Å². The van der Waals surface area contributed by atoms with Crippen molar-refractivity contribution in [3.8, 4) is 0 Å². The van der Waals surface area contributed by atoms with E-state index in [-0.39, 0.29) is 5.69 Å². The molecule has 22 heavy (non-hydrogen) atoms. The van der Waals surface area contributed by atoms with Crippen LogP contribution in [0.2, 0.25) is 0 Å². The van der Waals surface area contributed by atoms with Gasteiger partial charge in [0.15, 0.2) is 5.96 Å². The van der Waals surface area contributed by atoms with Gasteiger partial charge in [-0.2, -0.15) is 0 Å². The Bertz CT molecular complexity index is 641. The average molecular weight is 318 g/mol. The van der Waals surface area contributed by atoms with Crippen LogP contribution in [0.3, 0.4) is 0 Å². The number of aliphatic imine (C=N–C) groups is 1. The van der Waals surface area contributed by atoms with Gasteiger partial charge < -0.3 is 10.6 Å². The maximum Gasteiger partial charge on any atom is 0.269 e. The van der Waals surface area contributed by atoms with Crippen LogP contribution >= 0.6 is 11.3 Å². The highest BCUT2D eigenvalue weighted by atomic mass is 32.1. The molecule has 116 valence electrons. The lowest BCUT2D eigenvalue weighted by Crippen LogP contribution is -2.36. The lowest BCUT2D eigenvalue weighted by molar-refractivity contribution is -0.384. The summed E-state index contributed by atoms with van der Waals surface area (Å²) >= 11 is 1.68. The number of nitrogens with zero attached hydrogens (tertiary/aromatic N) is 2. The van der Waals surface area contributed by atoms with Crippen molar-refractivity contribution in [3.05, 3.63) is 62.3 Å². The van der Waals surface area contributed by atoms with E-state index in [4.69, 9.17) is 0 Å². The first-order valence-corrected chi connectivity index (χ1v) is 7.85. The third-order valence-electron chi connectivity index (χ3n) is 2.90. The van der Waals surface area contributed by atoms with E-state index in [0.717, 1.165) is 12.1 Å². The molecule has 0 spiro atoms. The summed E-state index contributed by atoms with van der Waals surface area (Å²) in [5, 5.41) is 19.2. The van der Waals surface area contributed by atoms with Crippen molar-refractivity contribution in [1.82, 2.24) is 10.6 Å². The normalized spacial score (nSPS) is 11.2. The third kappa shape index (κ3) is 4.85. The highest BCUT2D eigenvalue weighted by molar-refractivity contribution is 7.09. The number of thiophene rings is 1. The smallest absolute Gasteiger partial charge is 0.269 e. The van der Waals surface area contributed by atoms with Gasteiger partial charge in [0.05, 0.1) is 18.0 Å². The second-order valence-corrected chi connectivity index (χ2v) is 5.59. The van der Waals surface area contributed by atoms with Crippen LogP contribution in [0, 0.1) is 10.1 Å². The minimum Gasteiger partial charge on any atom is -0.357 e. The number of guanidine groups is 1. The molecule has 0 amide bonds. The van der Waals surface area contributed by atoms with Crippen molar-refractivity contribution >= 4 is 23.0 Å². The molecule has 6 nitrogen and oxygen atoms in total. The van der Waals surface area contributed by atoms with E-state index in [1.54, 1.807) is 23.5 Å². The van der Waals surface area contributed by atoms with Crippen molar-refractivity contribution in [2.24, 2.45) is 4.99 Å². The Kier molecular flexibility index (Phi) is 5.91. The van der Waals surface area contributed by atoms with Crippen LogP contribution < -0.4 is 10.6 Å². The fraction of sp³-hybridized carbons (Fsp3) is 0.267. The molecule has 0 aliphatic carbocycles. The zero-order valence-corrected chi connectivity index (χ0v) is 13.1. The molecule has 2 N–H and O–H groups in total. The fourth-order valence-electron chi connectivity index (χ4n) is 1.86. The first-order chi connectivity index (χ1) is 10.7. The summed E-state index contributed by atoms with van der Waals surface area (Å²) in [6.45, 7) is 3.85. The number of nitro groups is 1. The molecule has 7 heteroatoms. The van der Waals surface area contributed by atoms with E-state index in [2.05, 4.69) is 21.7 Å². The number of hydrogen-bond donors (Lipinski definition) is 2. The van der Waals surface area contributed by atoms with Gasteiger partial charge in [0.2, 0.25) is 0 Å². The Labute approximate surface area is 133 Å². The standard InChI is InChI=1S/C15H18N4O2S/c1-2-16-15(18-11-14-7-4-8-22-14)17-10-12-5-3-6-13(9-12)19(20)21/h3-9H,2,10-11H2,1H3,(H2,16,17,18). The largest absolute Gasteiger partial charge is 0.357 e. The van der Waals surface area contributed by atoms with Crippen LogP contribution in [0.4, 0.5) is 5.69 Å². The van der Waals surface area contributed by atoms with E-state index < -0.39 is 4.92 Å². The highest BCUT2D eigenvalue weighted by Gasteiger charge is 2.05. The molecule has 1 heterocycles. The van der Waals surface area contributed by atoms with E-state index in [1.165, 1.54) is 10.9 Å². The Morgan fingerprint density at radius 2 is 2.18 bits per heavy atom. The topological polar surface area (TPSA) is 79.6 Å². The third-order valence-corrected chi connectivity index (χ3v) is 3.77. The van der Waals surface area contributed by atoms with Gasteiger partial charge in [0, 0.05) is 23.6 Å². The van der Waals surface area contributed by atoms with E-state index >= 15 is 0 Å². The summed E-state index contributed by atoms with van der Waals surface area (Å²) in [5.74, 6) is 0.697. The summed E-state index contributed by atoms with van der Waals surface area (Å²) in [5.41, 5.74) is 0.895. The van der Waals surface area contributed by atoms with Crippen molar-refractivity contribution < 1.29 is 4.92 Å². The number of rotatable bonds is 6. The van der Waals surface area contributed by atoms with Gasteiger partial charge in [-0.05, 0) is 23.9 Å². The number of benzene rings is 1. The molecule has 2 rings (SSSR count). The zero-order valence-electron chi connectivity index (χ0n) is 12.3. The quantitative estimate of drug-likeness (QED) is 0.371. The van der Waals surface area contributed by atoms with Crippen LogP contribution in [-0.2, 0) is 13.1 Å². The van der Waals surface area contributed by atoms with Gasteiger partial charge in [-0.15, -0.1) is 11.3 Å². The molecule has 1 aromatic heterocycles. The van der Waals surface area contributed by atoms with Gasteiger partial charge in [-0.3, -0.25) is 10.1 Å². The van der Waals surface area contributed by atoms with Gasteiger partial charge >= 0.3 is 0 Å². The summed E-state index contributed by atoms with van der Waals surface area (Å²) in [4.78, 5) is 16.1. The maximum atomic E-state index is 10.8. The first-order valence-electron chi connectivity index (χ1n) is 6.97. The summed E-state index contributed by atoms with van der Waals surface area (Å²) < 4.78 is 0. The molecular weight excluding hydrogens is 300 g/mol. The Balaban J connectivity index is 1.99. The molecule has 0 radical (unpaired) electrons. The summed E-state index contributed by atoms with van der Waals surface area (Å²) in [6.07, 6.45) is 0. The minimum absolute atomic E-state index is 0.0873. The van der Waals surface area contributed by atoms with Gasteiger partial charge in [-0.25, -0.2) is 4.99 Å². The second-order valence-electron chi connectivity index (χ2n) is 4.56. The van der Waals surface area contributed by atoms with Crippen LogP contribution in [-0.4, -0.2) is 17.4 Å². The SMILES string of the molecule is CCNC(=NCc1cccc([N+](=O)[O-])c1)NCc1cccs1. The zero-order chi connectivity index (χ0) is 15.8. The molecule has 0 atom stereocenters. The number of non-ortho nitro benzene ring substituents is 1. The number of nitrogens with one attached hydrogen (secondary N) is 2. The van der Waals surface area contributed by atoms with Crippen LogP contribution in [0.5, 0.6) is 0 Å². The lowest BCUT2D eigenvalue weighted by atomic mass is 10.2. The monoisotopic (exact) mass is 318 g/mol. The molecule has 0 aliphatic heterocycles. The van der Waals surface area contributed by atoms with Gasteiger partial charge in [0.1, 0.15) is 0 Å². The van der Waals surface area contributed by atoms with Crippen molar-refractivity contribution in [3.63, 3.8) is 0 Å². The van der Waals surface area contributed by atoms with Crippen LogP contribution in [0.25, 0.3) is 0 Å². The number of hydrogen-bond acceptors (Lipinski definition) is 4. The van der Waals surface area contributed by atoms with E-state index in [9.17, 15) is 10.1 Å². The fourth-order valence-corrected chi connectivity index (χ4v) is 2.51. The second kappa shape index (κ2) is 8.14. The molecule has 2 aromatic rings. The first kappa shape index (κ1) is 16.0. The van der Waals surface area contributed by atoms with Crippen molar-refractivity contribution in [1.29, 1.82) is 0 Å². The molecule has 0 aliphatic rings. The summed E-state index contributed by atoms with van der Waals surface area (Å²) in [6, 6.07) is 10.6. The predicted octanol–water partition coefficient (Wildman–Crippen LogP) is 2.91. The summed E-state index contributed by atoms with van der Waals surface area (Å²) in [7, 11) is 0. The minimum atomic E-state index is -0.395. The van der Waals surface area contributed by atoms with Gasteiger partial charge in [-0.1, -0.05) is 18.2 Å². The average Bonchev–Trinajstić information content (AvgIpc) is 3.03. The number of nitro benzene ring substituents is 1. The predicted molar refractivity (Wildman–Crippen MR) is 89.1 cm³/mol. The van der Waals surface area contributed by atoms with Crippen LogP contribution in [0.1, 0.15) is 17.4 Å². The van der Waals surface area contributed by atoms with Crippen molar-refractivity contribution in [2.45, 2.75) is 20.0 Å². The molecule has 0 saturated carbocycles. The Hall–Kier alpha value is -2.41. The Morgan fingerprint density at radius 3 is 2.86 bits per heavy atom. The molecule has 0 fully saturated rings. The Morgan fingerprint density at radius 1 is 1.32 bits per heavy atom. The molecule has 1 aromatic carbocycles. The molecule has 0 bridgehead atoms. The van der Waals surface area contributed by atoms with Gasteiger partial charge in [0.25, 0.3) is 5.69 Å². The maximum absolute atomic E-state index is 10.8. The molecule has 0 unspecified atom stereocenters. The molecular formula is C15H18N4O2S.